The molecule has 2 aromatic rings. The van der Waals surface area contributed by atoms with Gasteiger partial charge in [0.15, 0.2) is 5.65 Å². The number of pyridine rings is 2. The molecule has 2 N–H and O–H groups in total. The quantitative estimate of drug-likeness (QED) is 0.667. The van der Waals surface area contributed by atoms with Gasteiger partial charge in [-0.25, -0.2) is 9.97 Å². The van der Waals surface area contributed by atoms with E-state index in [1.807, 2.05) is 6.07 Å². The summed E-state index contributed by atoms with van der Waals surface area (Å²) in [5.41, 5.74) is 8.58. The summed E-state index contributed by atoms with van der Waals surface area (Å²) in [6.45, 7) is 1.15. The normalized spacial score (nSPS) is 14.6. The van der Waals surface area contributed by atoms with Crippen LogP contribution < -0.4 is 5.73 Å². The lowest BCUT2D eigenvalue weighted by atomic mass is 10.1. The van der Waals surface area contributed by atoms with Crippen molar-refractivity contribution in [3.8, 4) is 0 Å². The van der Waals surface area contributed by atoms with E-state index >= 15 is 0 Å². The Hall–Kier alpha value is -1.68. The maximum Gasteiger partial charge on any atom is 0.161 e. The lowest BCUT2D eigenvalue weighted by Crippen LogP contribution is -1.99. The molecule has 0 spiro atoms. The third-order valence-corrected chi connectivity index (χ3v) is 2.45. The first-order valence-corrected chi connectivity index (χ1v) is 4.37. The van der Waals surface area contributed by atoms with Crippen molar-refractivity contribution < 1.29 is 4.74 Å². The van der Waals surface area contributed by atoms with Crippen LogP contribution in [-0.2, 0) is 18.0 Å². The first-order valence-electron chi connectivity index (χ1n) is 4.37. The van der Waals surface area contributed by atoms with E-state index < -0.39 is 0 Å². The molecular weight excluding hydrogens is 178 g/mol. The predicted molar refractivity (Wildman–Crippen MR) is 51.3 cm³/mol. The van der Waals surface area contributed by atoms with Gasteiger partial charge in [0, 0.05) is 23.2 Å². The first kappa shape index (κ1) is 7.70. The minimum absolute atomic E-state index is 0.531. The minimum atomic E-state index is 0.531. The number of anilines is 1. The minimum Gasteiger partial charge on any atom is -0.383 e. The van der Waals surface area contributed by atoms with Crippen molar-refractivity contribution in [2.45, 2.75) is 13.2 Å². The summed E-state index contributed by atoms with van der Waals surface area (Å²) in [5.74, 6) is 0.531. The number of hydrogen-bond acceptors (Lipinski definition) is 4. The van der Waals surface area contributed by atoms with Crippen molar-refractivity contribution in [2.75, 3.05) is 5.73 Å². The van der Waals surface area contributed by atoms with Crippen LogP contribution in [0.15, 0.2) is 12.3 Å². The molecule has 3 heterocycles. The van der Waals surface area contributed by atoms with Crippen LogP contribution in [0.3, 0.4) is 0 Å². The van der Waals surface area contributed by atoms with Crippen LogP contribution in [0.1, 0.15) is 11.1 Å². The second-order valence-electron chi connectivity index (χ2n) is 3.25. The fourth-order valence-electron chi connectivity index (χ4n) is 1.74. The molecule has 1 aliphatic rings. The van der Waals surface area contributed by atoms with Crippen LogP contribution >= 0.6 is 0 Å². The Bertz CT molecular complexity index is 510. The number of ether oxygens (including phenoxy) is 1. The van der Waals surface area contributed by atoms with Crippen LogP contribution in [0, 0.1) is 6.07 Å². The molecule has 69 valence electrons. The van der Waals surface area contributed by atoms with Crippen LogP contribution in [0.5, 0.6) is 0 Å². The highest BCUT2D eigenvalue weighted by Gasteiger charge is 2.18. The van der Waals surface area contributed by atoms with Crippen LogP contribution in [0.2, 0.25) is 0 Å². The van der Waals surface area contributed by atoms with Crippen molar-refractivity contribution in [3.05, 3.63) is 29.5 Å². The Morgan fingerprint density at radius 2 is 2.21 bits per heavy atom. The number of nitrogens with two attached hydrogens (primary N) is 1. The molecule has 0 aromatic carbocycles. The molecule has 0 fully saturated rings. The van der Waals surface area contributed by atoms with E-state index in [0.29, 0.717) is 24.7 Å². The number of rotatable bonds is 0. The SMILES string of the molecule is Nc1nc2nc[c]cc2c2c1COC2. The molecule has 2 aromatic heterocycles. The zero-order valence-corrected chi connectivity index (χ0v) is 7.45. The van der Waals surface area contributed by atoms with E-state index in [1.165, 1.54) is 0 Å². The molecule has 4 nitrogen and oxygen atoms in total. The van der Waals surface area contributed by atoms with E-state index in [-0.39, 0.29) is 0 Å². The summed E-state index contributed by atoms with van der Waals surface area (Å²) in [6, 6.07) is 4.81. The molecule has 1 radical (unpaired) electrons. The van der Waals surface area contributed by atoms with Crippen molar-refractivity contribution in [3.63, 3.8) is 0 Å². The summed E-state index contributed by atoms with van der Waals surface area (Å²) in [4.78, 5) is 8.33. The first-order chi connectivity index (χ1) is 6.86. The number of nitrogen functional groups attached to an aromatic ring is 1. The Kier molecular flexibility index (Phi) is 1.46. The molecule has 0 bridgehead atoms. The van der Waals surface area contributed by atoms with Crippen LogP contribution in [-0.4, -0.2) is 9.97 Å². The summed E-state index contributed by atoms with van der Waals surface area (Å²) in [7, 11) is 0. The monoisotopic (exact) mass is 186 g/mol. The second kappa shape index (κ2) is 2.65. The molecule has 0 amide bonds. The molecule has 0 aliphatic carbocycles. The highest BCUT2D eigenvalue weighted by Crippen LogP contribution is 2.29. The van der Waals surface area contributed by atoms with E-state index in [4.69, 9.17) is 10.5 Å². The van der Waals surface area contributed by atoms with Gasteiger partial charge >= 0.3 is 0 Å². The molecule has 0 atom stereocenters. The van der Waals surface area contributed by atoms with Crippen molar-refractivity contribution >= 4 is 16.9 Å². The van der Waals surface area contributed by atoms with E-state index in [0.717, 1.165) is 16.5 Å². The molecular formula is C10H8N3O. The summed E-state index contributed by atoms with van der Waals surface area (Å²) >= 11 is 0. The smallest absolute Gasteiger partial charge is 0.161 e. The van der Waals surface area contributed by atoms with E-state index in [9.17, 15) is 0 Å². The highest BCUT2D eigenvalue weighted by molar-refractivity contribution is 5.82. The average molecular weight is 186 g/mol. The van der Waals surface area contributed by atoms with Gasteiger partial charge in [-0.3, -0.25) is 0 Å². The van der Waals surface area contributed by atoms with Gasteiger partial charge in [-0.05, 0) is 11.6 Å². The fraction of sp³-hybridized carbons (Fsp3) is 0.200. The molecule has 14 heavy (non-hydrogen) atoms. The molecule has 1 aliphatic heterocycles. The van der Waals surface area contributed by atoms with Crippen molar-refractivity contribution in [1.29, 1.82) is 0 Å². The standard InChI is InChI=1S/C10H8N3O/c11-9-8-5-14-4-7(8)6-2-1-3-12-10(6)13-9/h2-3H,4-5H2,(H2,11,12,13). The van der Waals surface area contributed by atoms with Gasteiger partial charge in [0.2, 0.25) is 0 Å². The fourth-order valence-corrected chi connectivity index (χ4v) is 1.74. The second-order valence-corrected chi connectivity index (χ2v) is 3.25. The van der Waals surface area contributed by atoms with Gasteiger partial charge in [0.25, 0.3) is 0 Å². The van der Waals surface area contributed by atoms with Crippen molar-refractivity contribution in [1.82, 2.24) is 9.97 Å². The molecule has 4 heteroatoms. The Morgan fingerprint density at radius 3 is 3.14 bits per heavy atom. The van der Waals surface area contributed by atoms with E-state index in [1.54, 1.807) is 6.20 Å². The molecule has 0 unspecified atom stereocenters. The average Bonchev–Trinajstić information content (AvgIpc) is 2.67. The molecule has 0 saturated heterocycles. The van der Waals surface area contributed by atoms with Gasteiger partial charge in [0.05, 0.1) is 13.2 Å². The number of aromatic nitrogens is 2. The van der Waals surface area contributed by atoms with Crippen LogP contribution in [0.25, 0.3) is 11.0 Å². The van der Waals surface area contributed by atoms with E-state index in [2.05, 4.69) is 16.0 Å². The lowest BCUT2D eigenvalue weighted by molar-refractivity contribution is 0.135. The Labute approximate surface area is 80.7 Å². The van der Waals surface area contributed by atoms with Gasteiger partial charge in [-0.1, -0.05) is 0 Å². The van der Waals surface area contributed by atoms with Gasteiger partial charge in [0.1, 0.15) is 5.82 Å². The zero-order valence-electron chi connectivity index (χ0n) is 7.45. The third kappa shape index (κ3) is 0.914. The molecule has 0 saturated carbocycles. The Balaban J connectivity index is 2.46. The van der Waals surface area contributed by atoms with Gasteiger partial charge in [-0.2, -0.15) is 0 Å². The van der Waals surface area contributed by atoms with Crippen molar-refractivity contribution in [2.24, 2.45) is 0 Å². The summed E-state index contributed by atoms with van der Waals surface area (Å²) < 4.78 is 5.34. The zero-order chi connectivity index (χ0) is 9.54. The number of nitrogens with zero attached hydrogens (tertiary/aromatic N) is 2. The van der Waals surface area contributed by atoms with Gasteiger partial charge in [-0.15, -0.1) is 0 Å². The maximum atomic E-state index is 5.80. The lowest BCUT2D eigenvalue weighted by Gasteiger charge is -2.04. The molecule has 3 rings (SSSR count). The third-order valence-electron chi connectivity index (χ3n) is 2.45. The summed E-state index contributed by atoms with van der Waals surface area (Å²) in [6.07, 6.45) is 1.59. The maximum absolute atomic E-state index is 5.80. The van der Waals surface area contributed by atoms with Crippen LogP contribution in [0.4, 0.5) is 5.82 Å². The highest BCUT2D eigenvalue weighted by atomic mass is 16.5. The van der Waals surface area contributed by atoms with Gasteiger partial charge < -0.3 is 10.5 Å². The predicted octanol–water partition coefficient (Wildman–Crippen LogP) is 1.04. The number of hydrogen-bond donors (Lipinski definition) is 1. The Morgan fingerprint density at radius 1 is 1.36 bits per heavy atom. The largest absolute Gasteiger partial charge is 0.383 e. The summed E-state index contributed by atoms with van der Waals surface area (Å²) in [5, 5.41) is 0.995. The number of fused-ring (bicyclic) bond motifs is 3. The topological polar surface area (TPSA) is 61.0 Å².